The highest BCUT2D eigenvalue weighted by atomic mass is 16.5. The number of hydrogen-bond acceptors (Lipinski definition) is 4. The zero-order chi connectivity index (χ0) is 15.4. The fraction of sp³-hybridized carbons (Fsp3) is 0.625. The summed E-state index contributed by atoms with van der Waals surface area (Å²) in [7, 11) is 1.67. The molecule has 0 bridgehead atoms. The summed E-state index contributed by atoms with van der Waals surface area (Å²) in [6.07, 6.45) is 5.23. The van der Waals surface area contributed by atoms with Gasteiger partial charge in [-0.2, -0.15) is 0 Å². The van der Waals surface area contributed by atoms with Crippen molar-refractivity contribution in [1.82, 2.24) is 9.88 Å². The number of nitrogens with zero attached hydrogens (tertiary/aromatic N) is 2. The quantitative estimate of drug-likeness (QED) is 0.903. The number of ether oxygens (including phenoxy) is 1. The highest BCUT2D eigenvalue weighted by Gasteiger charge is 2.25. The van der Waals surface area contributed by atoms with Crippen LogP contribution in [0.1, 0.15) is 42.5 Å². The maximum absolute atomic E-state index is 11.0. The second kappa shape index (κ2) is 6.89. The molecule has 0 spiro atoms. The summed E-state index contributed by atoms with van der Waals surface area (Å²) in [5.74, 6) is 0.157. The third-order valence-corrected chi connectivity index (χ3v) is 4.26. The van der Waals surface area contributed by atoms with Crippen LogP contribution in [0.3, 0.4) is 0 Å². The second-order valence-electron chi connectivity index (χ2n) is 5.76. The number of carboxylic acids is 1. The standard InChI is InChI=1S/C16H24N2O3/c1-11-9-17-14(12(2)16(11)21-3)10-18-7-5-4-6-13(18)8-15(19)20/h9,13H,4-8,10H2,1-3H3,(H,19,20). The smallest absolute Gasteiger partial charge is 0.304 e. The Bertz CT molecular complexity index is 516. The van der Waals surface area contributed by atoms with Gasteiger partial charge in [0.15, 0.2) is 0 Å². The number of pyridine rings is 1. The zero-order valence-corrected chi connectivity index (χ0v) is 13.1. The number of aryl methyl sites for hydroxylation is 1. The van der Waals surface area contributed by atoms with E-state index in [0.29, 0.717) is 6.54 Å². The molecule has 1 aliphatic rings. The van der Waals surface area contributed by atoms with Gasteiger partial charge in [-0.3, -0.25) is 14.7 Å². The molecule has 2 rings (SSSR count). The molecule has 1 unspecified atom stereocenters. The first-order valence-electron chi connectivity index (χ1n) is 7.47. The van der Waals surface area contributed by atoms with Crippen molar-refractivity contribution in [3.05, 3.63) is 23.0 Å². The van der Waals surface area contributed by atoms with Gasteiger partial charge in [0.05, 0.1) is 19.2 Å². The maximum atomic E-state index is 11.0. The number of hydrogen-bond donors (Lipinski definition) is 1. The first-order chi connectivity index (χ1) is 10.0. The molecule has 0 saturated carbocycles. The lowest BCUT2D eigenvalue weighted by Gasteiger charge is -2.35. The molecule has 0 amide bonds. The number of aromatic nitrogens is 1. The van der Waals surface area contributed by atoms with Crippen LogP contribution in [0.5, 0.6) is 5.75 Å². The largest absolute Gasteiger partial charge is 0.496 e. The predicted molar refractivity (Wildman–Crippen MR) is 80.6 cm³/mol. The van der Waals surface area contributed by atoms with Crippen molar-refractivity contribution in [3.63, 3.8) is 0 Å². The van der Waals surface area contributed by atoms with Gasteiger partial charge < -0.3 is 9.84 Å². The molecule has 2 heterocycles. The van der Waals surface area contributed by atoms with Gasteiger partial charge in [-0.15, -0.1) is 0 Å². The molecule has 5 heteroatoms. The summed E-state index contributed by atoms with van der Waals surface area (Å²) in [5, 5.41) is 9.06. The van der Waals surface area contributed by atoms with Crippen molar-refractivity contribution in [2.24, 2.45) is 0 Å². The Morgan fingerprint density at radius 1 is 1.48 bits per heavy atom. The van der Waals surface area contributed by atoms with Crippen LogP contribution in [0.25, 0.3) is 0 Å². The Labute approximate surface area is 125 Å². The van der Waals surface area contributed by atoms with Gasteiger partial charge in [-0.05, 0) is 33.2 Å². The molecular weight excluding hydrogens is 268 g/mol. The summed E-state index contributed by atoms with van der Waals surface area (Å²) >= 11 is 0. The Morgan fingerprint density at radius 2 is 2.24 bits per heavy atom. The number of aliphatic carboxylic acids is 1. The van der Waals surface area contributed by atoms with E-state index in [2.05, 4.69) is 9.88 Å². The number of likely N-dealkylation sites (tertiary alicyclic amines) is 1. The predicted octanol–water partition coefficient (Wildman–Crippen LogP) is 2.54. The minimum Gasteiger partial charge on any atom is -0.496 e. The first kappa shape index (κ1) is 15.8. The minimum atomic E-state index is -0.724. The fourth-order valence-corrected chi connectivity index (χ4v) is 3.12. The van der Waals surface area contributed by atoms with Crippen molar-refractivity contribution in [2.45, 2.75) is 52.1 Å². The Kier molecular flexibility index (Phi) is 5.17. The molecular formula is C16H24N2O3. The molecule has 1 aliphatic heterocycles. The molecule has 1 atom stereocenters. The Hall–Kier alpha value is -1.62. The van der Waals surface area contributed by atoms with Crippen LogP contribution in [0.4, 0.5) is 0 Å². The van der Waals surface area contributed by atoms with Gasteiger partial charge in [-0.1, -0.05) is 6.42 Å². The van der Waals surface area contributed by atoms with Gasteiger partial charge in [-0.25, -0.2) is 0 Å². The zero-order valence-electron chi connectivity index (χ0n) is 13.1. The molecule has 0 aromatic carbocycles. The van der Waals surface area contributed by atoms with Gasteiger partial charge in [0.1, 0.15) is 5.75 Å². The molecule has 1 N–H and O–H groups in total. The molecule has 5 nitrogen and oxygen atoms in total. The van der Waals surface area contributed by atoms with Crippen LogP contribution in [0, 0.1) is 13.8 Å². The first-order valence-corrected chi connectivity index (χ1v) is 7.47. The van der Waals surface area contributed by atoms with E-state index in [1.54, 1.807) is 7.11 Å². The highest BCUT2D eigenvalue weighted by Crippen LogP contribution is 2.27. The molecule has 21 heavy (non-hydrogen) atoms. The van der Waals surface area contributed by atoms with Crippen LogP contribution in [0.15, 0.2) is 6.20 Å². The van der Waals surface area contributed by atoms with Crippen LogP contribution in [-0.4, -0.2) is 40.7 Å². The molecule has 1 fully saturated rings. The monoisotopic (exact) mass is 292 g/mol. The van der Waals surface area contributed by atoms with Crippen molar-refractivity contribution < 1.29 is 14.6 Å². The van der Waals surface area contributed by atoms with Crippen LogP contribution in [0.2, 0.25) is 0 Å². The number of piperidine rings is 1. The summed E-state index contributed by atoms with van der Waals surface area (Å²) in [6, 6.07) is 0.116. The maximum Gasteiger partial charge on any atom is 0.304 e. The minimum absolute atomic E-state index is 0.116. The van der Waals surface area contributed by atoms with Crippen molar-refractivity contribution in [2.75, 3.05) is 13.7 Å². The van der Waals surface area contributed by atoms with Gasteiger partial charge >= 0.3 is 5.97 Å². The van der Waals surface area contributed by atoms with E-state index < -0.39 is 5.97 Å². The van der Waals surface area contributed by atoms with Crippen LogP contribution in [-0.2, 0) is 11.3 Å². The summed E-state index contributed by atoms with van der Waals surface area (Å²) in [5.41, 5.74) is 3.06. The van der Waals surface area contributed by atoms with Gasteiger partial charge in [0, 0.05) is 29.9 Å². The summed E-state index contributed by atoms with van der Waals surface area (Å²) < 4.78 is 5.44. The summed E-state index contributed by atoms with van der Waals surface area (Å²) in [6.45, 7) is 5.64. The number of carboxylic acid groups (broad SMARTS) is 1. The van der Waals surface area contributed by atoms with Crippen molar-refractivity contribution in [3.8, 4) is 5.75 Å². The lowest BCUT2D eigenvalue weighted by Crippen LogP contribution is -2.40. The lowest BCUT2D eigenvalue weighted by atomic mass is 9.98. The molecule has 0 aliphatic carbocycles. The molecule has 1 aromatic rings. The SMILES string of the molecule is COc1c(C)cnc(CN2CCCCC2CC(=O)O)c1C. The molecule has 116 valence electrons. The number of rotatable bonds is 5. The Morgan fingerprint density at radius 3 is 2.90 bits per heavy atom. The average Bonchev–Trinajstić information content (AvgIpc) is 2.44. The Balaban J connectivity index is 2.17. The molecule has 1 aromatic heterocycles. The van der Waals surface area contributed by atoms with Crippen LogP contribution >= 0.6 is 0 Å². The van der Waals surface area contributed by atoms with E-state index in [9.17, 15) is 4.79 Å². The number of carbonyl (C=O) groups is 1. The van der Waals surface area contributed by atoms with E-state index >= 15 is 0 Å². The van der Waals surface area contributed by atoms with Crippen LogP contribution < -0.4 is 4.74 Å². The second-order valence-corrected chi connectivity index (χ2v) is 5.76. The fourth-order valence-electron chi connectivity index (χ4n) is 3.12. The highest BCUT2D eigenvalue weighted by molar-refractivity contribution is 5.67. The van der Waals surface area contributed by atoms with E-state index in [0.717, 1.165) is 48.4 Å². The number of methoxy groups -OCH3 is 1. The topological polar surface area (TPSA) is 62.7 Å². The van der Waals surface area contributed by atoms with Gasteiger partial charge in [0.25, 0.3) is 0 Å². The summed E-state index contributed by atoms with van der Waals surface area (Å²) in [4.78, 5) is 17.8. The third kappa shape index (κ3) is 3.73. The normalized spacial score (nSPS) is 19.5. The third-order valence-electron chi connectivity index (χ3n) is 4.26. The molecule has 0 radical (unpaired) electrons. The van der Waals surface area contributed by atoms with Crippen molar-refractivity contribution in [1.29, 1.82) is 0 Å². The lowest BCUT2D eigenvalue weighted by molar-refractivity contribution is -0.138. The average molecular weight is 292 g/mol. The van der Waals surface area contributed by atoms with Gasteiger partial charge in [0.2, 0.25) is 0 Å². The molecule has 1 saturated heterocycles. The van der Waals surface area contributed by atoms with Crippen molar-refractivity contribution >= 4 is 5.97 Å². The van der Waals surface area contributed by atoms with E-state index in [1.165, 1.54) is 0 Å². The van der Waals surface area contributed by atoms with E-state index in [4.69, 9.17) is 9.84 Å². The van der Waals surface area contributed by atoms with E-state index in [-0.39, 0.29) is 12.5 Å². The van der Waals surface area contributed by atoms with E-state index in [1.807, 2.05) is 20.0 Å².